The van der Waals surface area contributed by atoms with Crippen LogP contribution in [0.25, 0.3) is 22.5 Å². The number of hydrogen-bond donors (Lipinski definition) is 2. The molecule has 0 fully saturated rings. The lowest BCUT2D eigenvalue weighted by Gasteiger charge is -2.14. The van der Waals surface area contributed by atoms with Crippen LogP contribution in [0.4, 0.5) is 10.5 Å². The first-order valence-electron chi connectivity index (χ1n) is 10.8. The van der Waals surface area contributed by atoms with E-state index in [2.05, 4.69) is 10.5 Å². The lowest BCUT2D eigenvalue weighted by Crippen LogP contribution is -2.16. The summed E-state index contributed by atoms with van der Waals surface area (Å²) in [6, 6.07) is 24.5. The number of anilines is 1. The van der Waals surface area contributed by atoms with Gasteiger partial charge in [-0.25, -0.2) is 4.79 Å². The zero-order chi connectivity index (χ0) is 24.1. The molecule has 0 aliphatic carbocycles. The van der Waals surface area contributed by atoms with Gasteiger partial charge in [-0.15, -0.1) is 0 Å². The first-order chi connectivity index (χ1) is 16.4. The van der Waals surface area contributed by atoms with E-state index in [1.165, 1.54) is 0 Å². The van der Waals surface area contributed by atoms with Crippen molar-refractivity contribution < 1.29 is 24.0 Å². The number of benzene rings is 3. The predicted octanol–water partition coefficient (Wildman–Crippen LogP) is 6.25. The van der Waals surface area contributed by atoms with Crippen molar-refractivity contribution in [2.75, 3.05) is 5.32 Å². The molecular formula is C27H24N2O5. The molecule has 0 radical (unpaired) electrons. The van der Waals surface area contributed by atoms with Crippen molar-refractivity contribution in [3.63, 3.8) is 0 Å². The fraction of sp³-hybridized carbons (Fsp3) is 0.148. The molecule has 4 aromatic rings. The summed E-state index contributed by atoms with van der Waals surface area (Å²) in [6.45, 7) is 3.56. The maximum absolute atomic E-state index is 12.5. The second-order valence-corrected chi connectivity index (χ2v) is 7.90. The molecular weight excluding hydrogens is 432 g/mol. The Morgan fingerprint density at radius 2 is 1.53 bits per heavy atom. The number of rotatable bonds is 7. The SMILES string of the molecule is Cc1noc(-c2ccc(-c3ccc(CC(=O)O)cc3)cc2)c1NC(=O)O[C@@H](C)c1ccccc1. The largest absolute Gasteiger partial charge is 0.481 e. The molecule has 1 aromatic heterocycles. The standard InChI is InChI=1S/C27H24N2O5/c1-17-25(28-27(32)33-18(2)20-6-4-3-5-7-20)26(34-29-17)23-14-12-22(13-15-23)21-10-8-19(9-11-21)16-24(30)31/h3-15,18H,16H2,1-2H3,(H,28,32)(H,30,31)/t18-/m0/s1. The average molecular weight is 456 g/mol. The van der Waals surface area contributed by atoms with Crippen LogP contribution in [0.5, 0.6) is 0 Å². The van der Waals surface area contributed by atoms with Crippen molar-refractivity contribution in [3.05, 3.63) is 95.7 Å². The van der Waals surface area contributed by atoms with Crippen LogP contribution in [0.15, 0.2) is 83.4 Å². The van der Waals surface area contributed by atoms with Gasteiger partial charge < -0.3 is 14.4 Å². The third kappa shape index (κ3) is 5.32. The van der Waals surface area contributed by atoms with Crippen LogP contribution in [0.2, 0.25) is 0 Å². The summed E-state index contributed by atoms with van der Waals surface area (Å²) < 4.78 is 11.0. The number of nitrogens with one attached hydrogen (secondary N) is 1. The molecule has 1 heterocycles. The van der Waals surface area contributed by atoms with Gasteiger partial charge in [0.1, 0.15) is 17.5 Å². The van der Waals surface area contributed by atoms with E-state index < -0.39 is 18.2 Å². The summed E-state index contributed by atoms with van der Waals surface area (Å²) in [7, 11) is 0. The molecule has 172 valence electrons. The van der Waals surface area contributed by atoms with Gasteiger partial charge in [-0.2, -0.15) is 0 Å². The number of carboxylic acid groups (broad SMARTS) is 1. The van der Waals surface area contributed by atoms with E-state index in [4.69, 9.17) is 14.4 Å². The van der Waals surface area contributed by atoms with Gasteiger partial charge in [-0.1, -0.05) is 84.0 Å². The monoisotopic (exact) mass is 456 g/mol. The van der Waals surface area contributed by atoms with Crippen molar-refractivity contribution in [2.45, 2.75) is 26.4 Å². The Morgan fingerprint density at radius 3 is 2.15 bits per heavy atom. The molecule has 0 unspecified atom stereocenters. The van der Waals surface area contributed by atoms with Crippen molar-refractivity contribution in [3.8, 4) is 22.5 Å². The van der Waals surface area contributed by atoms with Crippen molar-refractivity contribution >= 4 is 17.7 Å². The van der Waals surface area contributed by atoms with Crippen LogP contribution < -0.4 is 5.32 Å². The van der Waals surface area contributed by atoms with Gasteiger partial charge in [-0.3, -0.25) is 10.1 Å². The molecule has 1 amide bonds. The van der Waals surface area contributed by atoms with E-state index in [1.807, 2.05) is 73.7 Å². The number of carbonyl (C=O) groups is 2. The minimum absolute atomic E-state index is 0.00754. The first-order valence-corrected chi connectivity index (χ1v) is 10.8. The molecule has 0 saturated heterocycles. The normalized spacial score (nSPS) is 11.6. The zero-order valence-electron chi connectivity index (χ0n) is 18.8. The van der Waals surface area contributed by atoms with Gasteiger partial charge in [0.15, 0.2) is 5.76 Å². The van der Waals surface area contributed by atoms with Crippen LogP contribution in [-0.2, 0) is 16.0 Å². The number of ether oxygens (including phenoxy) is 1. The summed E-state index contributed by atoms with van der Waals surface area (Å²) >= 11 is 0. The predicted molar refractivity (Wildman–Crippen MR) is 128 cm³/mol. The number of carbonyl (C=O) groups excluding carboxylic acids is 1. The average Bonchev–Trinajstić information content (AvgIpc) is 3.19. The highest BCUT2D eigenvalue weighted by Gasteiger charge is 2.20. The summed E-state index contributed by atoms with van der Waals surface area (Å²) in [5.74, 6) is -0.424. The molecule has 4 rings (SSSR count). The van der Waals surface area contributed by atoms with Crippen LogP contribution in [0.3, 0.4) is 0 Å². The zero-order valence-corrected chi connectivity index (χ0v) is 18.8. The lowest BCUT2D eigenvalue weighted by molar-refractivity contribution is -0.136. The molecule has 0 aliphatic rings. The molecule has 0 saturated carbocycles. The van der Waals surface area contributed by atoms with Gasteiger partial charge in [-0.05, 0) is 36.1 Å². The minimum Gasteiger partial charge on any atom is -0.481 e. The number of aliphatic carboxylic acids is 1. The summed E-state index contributed by atoms with van der Waals surface area (Å²) in [5.41, 5.74) is 5.31. The number of nitrogens with zero attached hydrogens (tertiary/aromatic N) is 1. The van der Waals surface area contributed by atoms with Crippen LogP contribution >= 0.6 is 0 Å². The van der Waals surface area contributed by atoms with Crippen LogP contribution in [0, 0.1) is 6.92 Å². The Hall–Kier alpha value is -4.39. The molecule has 7 heteroatoms. The van der Waals surface area contributed by atoms with Gasteiger partial charge in [0.2, 0.25) is 0 Å². The Kier molecular flexibility index (Phi) is 6.73. The summed E-state index contributed by atoms with van der Waals surface area (Å²) in [6.07, 6.45) is -1.01. The molecule has 3 aromatic carbocycles. The topological polar surface area (TPSA) is 102 Å². The fourth-order valence-corrected chi connectivity index (χ4v) is 3.60. The molecule has 34 heavy (non-hydrogen) atoms. The maximum atomic E-state index is 12.5. The van der Waals surface area contributed by atoms with Gasteiger partial charge in [0.05, 0.1) is 6.42 Å². The molecule has 7 nitrogen and oxygen atoms in total. The molecule has 2 N–H and O–H groups in total. The van der Waals surface area contributed by atoms with Gasteiger partial charge in [0, 0.05) is 5.56 Å². The highest BCUT2D eigenvalue weighted by molar-refractivity contribution is 5.91. The van der Waals surface area contributed by atoms with Gasteiger partial charge >= 0.3 is 12.1 Å². The first kappa shape index (κ1) is 22.8. The van der Waals surface area contributed by atoms with E-state index in [-0.39, 0.29) is 6.42 Å². The van der Waals surface area contributed by atoms with Gasteiger partial charge in [0.25, 0.3) is 0 Å². The van der Waals surface area contributed by atoms with E-state index in [0.717, 1.165) is 27.8 Å². The summed E-state index contributed by atoms with van der Waals surface area (Å²) in [5, 5.41) is 15.7. The number of carboxylic acids is 1. The third-order valence-corrected chi connectivity index (χ3v) is 5.43. The quantitative estimate of drug-likeness (QED) is 0.341. The highest BCUT2D eigenvalue weighted by Crippen LogP contribution is 2.33. The van der Waals surface area contributed by atoms with Crippen molar-refractivity contribution in [1.82, 2.24) is 5.16 Å². The second kappa shape index (κ2) is 10.0. The Labute approximate surface area is 197 Å². The van der Waals surface area contributed by atoms with Crippen LogP contribution in [-0.4, -0.2) is 22.3 Å². The molecule has 0 bridgehead atoms. The van der Waals surface area contributed by atoms with E-state index in [9.17, 15) is 9.59 Å². The van der Waals surface area contributed by atoms with E-state index in [1.54, 1.807) is 19.1 Å². The second-order valence-electron chi connectivity index (χ2n) is 7.90. The molecule has 0 spiro atoms. The van der Waals surface area contributed by atoms with E-state index in [0.29, 0.717) is 17.1 Å². The van der Waals surface area contributed by atoms with Crippen molar-refractivity contribution in [1.29, 1.82) is 0 Å². The Morgan fingerprint density at radius 1 is 0.941 bits per heavy atom. The number of aryl methyl sites for hydroxylation is 1. The van der Waals surface area contributed by atoms with Crippen LogP contribution in [0.1, 0.15) is 29.8 Å². The smallest absolute Gasteiger partial charge is 0.412 e. The molecule has 0 aliphatic heterocycles. The summed E-state index contributed by atoms with van der Waals surface area (Å²) in [4.78, 5) is 23.4. The Balaban J connectivity index is 1.48. The number of hydrogen-bond acceptors (Lipinski definition) is 5. The molecule has 1 atom stereocenters. The fourth-order valence-electron chi connectivity index (χ4n) is 3.60. The number of amides is 1. The highest BCUT2D eigenvalue weighted by atomic mass is 16.6. The number of aromatic nitrogens is 1. The maximum Gasteiger partial charge on any atom is 0.412 e. The van der Waals surface area contributed by atoms with Crippen molar-refractivity contribution in [2.24, 2.45) is 0 Å². The van der Waals surface area contributed by atoms with E-state index >= 15 is 0 Å². The lowest BCUT2D eigenvalue weighted by atomic mass is 10.0. The minimum atomic E-state index is -0.859. The third-order valence-electron chi connectivity index (χ3n) is 5.43. The Bertz CT molecular complexity index is 1280.